The second-order valence-corrected chi connectivity index (χ2v) is 6.70. The van der Waals surface area contributed by atoms with Crippen molar-refractivity contribution >= 4 is 28.3 Å². The number of furan rings is 1. The van der Waals surface area contributed by atoms with Gasteiger partial charge in [-0.1, -0.05) is 29.8 Å². The normalized spacial score (nSPS) is 10.5. The third kappa shape index (κ3) is 5.03. The Labute approximate surface area is 155 Å². The first-order valence-electron chi connectivity index (χ1n) is 8.21. The highest BCUT2D eigenvalue weighted by Crippen LogP contribution is 2.17. The summed E-state index contributed by atoms with van der Waals surface area (Å²) in [5.41, 5.74) is 3.04. The molecule has 0 bridgehead atoms. The molecule has 2 heterocycles. The van der Waals surface area contributed by atoms with E-state index in [-0.39, 0.29) is 17.6 Å². The third-order valence-electron chi connectivity index (χ3n) is 3.74. The fraction of sp³-hybridized carbons (Fsp3) is 0.211. The Morgan fingerprint density at radius 2 is 2.00 bits per heavy atom. The summed E-state index contributed by atoms with van der Waals surface area (Å²) in [5.74, 6) is -0.135. The fourth-order valence-corrected chi connectivity index (χ4v) is 3.02. The zero-order valence-corrected chi connectivity index (χ0v) is 15.1. The van der Waals surface area contributed by atoms with Gasteiger partial charge in [-0.3, -0.25) is 14.9 Å². The van der Waals surface area contributed by atoms with Gasteiger partial charge in [0.05, 0.1) is 12.0 Å². The van der Waals surface area contributed by atoms with Gasteiger partial charge in [0.1, 0.15) is 0 Å². The SMILES string of the molecule is Cc1ccc(CNC(=O)CCc2csc(NC(=O)c3ccco3)n2)cc1. The molecule has 1 aromatic carbocycles. The minimum Gasteiger partial charge on any atom is -0.459 e. The molecule has 0 unspecified atom stereocenters. The van der Waals surface area contributed by atoms with Gasteiger partial charge >= 0.3 is 0 Å². The Morgan fingerprint density at radius 1 is 1.19 bits per heavy atom. The zero-order valence-electron chi connectivity index (χ0n) is 14.3. The molecule has 6 nitrogen and oxygen atoms in total. The minimum absolute atomic E-state index is 0.0280. The van der Waals surface area contributed by atoms with Crippen LogP contribution in [-0.4, -0.2) is 16.8 Å². The van der Waals surface area contributed by atoms with E-state index in [2.05, 4.69) is 15.6 Å². The maximum Gasteiger partial charge on any atom is 0.293 e. The monoisotopic (exact) mass is 369 g/mol. The fourth-order valence-electron chi connectivity index (χ4n) is 2.28. The molecule has 0 aliphatic heterocycles. The van der Waals surface area contributed by atoms with E-state index in [9.17, 15) is 9.59 Å². The van der Waals surface area contributed by atoms with Crippen LogP contribution in [0.2, 0.25) is 0 Å². The molecule has 134 valence electrons. The van der Waals surface area contributed by atoms with E-state index in [1.54, 1.807) is 12.1 Å². The van der Waals surface area contributed by atoms with Crippen LogP contribution < -0.4 is 10.6 Å². The predicted molar refractivity (Wildman–Crippen MR) is 100 cm³/mol. The maximum absolute atomic E-state index is 12.0. The highest BCUT2D eigenvalue weighted by atomic mass is 32.1. The van der Waals surface area contributed by atoms with Crippen molar-refractivity contribution in [3.63, 3.8) is 0 Å². The summed E-state index contributed by atoms with van der Waals surface area (Å²) in [5, 5.41) is 7.90. The van der Waals surface area contributed by atoms with Crippen LogP contribution in [-0.2, 0) is 17.8 Å². The zero-order chi connectivity index (χ0) is 18.4. The predicted octanol–water partition coefficient (Wildman–Crippen LogP) is 3.55. The number of carbonyl (C=O) groups excluding carboxylic acids is 2. The number of amides is 2. The van der Waals surface area contributed by atoms with Crippen molar-refractivity contribution in [3.05, 3.63) is 70.6 Å². The number of aryl methyl sites for hydroxylation is 2. The summed E-state index contributed by atoms with van der Waals surface area (Å²) in [6.45, 7) is 2.54. The van der Waals surface area contributed by atoms with Gasteiger partial charge in [0.25, 0.3) is 5.91 Å². The number of carbonyl (C=O) groups is 2. The van der Waals surface area contributed by atoms with Crippen LogP contribution in [0.3, 0.4) is 0 Å². The van der Waals surface area contributed by atoms with Gasteiger partial charge < -0.3 is 9.73 Å². The highest BCUT2D eigenvalue weighted by molar-refractivity contribution is 7.13. The summed E-state index contributed by atoms with van der Waals surface area (Å²) < 4.78 is 5.04. The summed E-state index contributed by atoms with van der Waals surface area (Å²) in [4.78, 5) is 28.2. The van der Waals surface area contributed by atoms with E-state index in [0.717, 1.165) is 11.3 Å². The van der Waals surface area contributed by atoms with Gasteiger partial charge in [0, 0.05) is 18.3 Å². The average Bonchev–Trinajstić information content (AvgIpc) is 3.31. The lowest BCUT2D eigenvalue weighted by atomic mass is 10.1. The second kappa shape index (κ2) is 8.44. The second-order valence-electron chi connectivity index (χ2n) is 5.84. The van der Waals surface area contributed by atoms with Crippen molar-refractivity contribution in [1.29, 1.82) is 0 Å². The number of nitrogens with one attached hydrogen (secondary N) is 2. The molecule has 2 N–H and O–H groups in total. The average molecular weight is 369 g/mol. The summed E-state index contributed by atoms with van der Waals surface area (Å²) >= 11 is 1.32. The number of hydrogen-bond donors (Lipinski definition) is 2. The topological polar surface area (TPSA) is 84.2 Å². The standard InChI is InChI=1S/C19H19N3O3S/c1-13-4-6-14(7-5-13)11-20-17(23)9-8-15-12-26-19(21-15)22-18(24)16-3-2-10-25-16/h2-7,10,12H,8-9,11H2,1H3,(H,20,23)(H,21,22,24). The maximum atomic E-state index is 12.0. The Balaban J connectivity index is 1.43. The van der Waals surface area contributed by atoms with E-state index in [1.165, 1.54) is 23.2 Å². The van der Waals surface area contributed by atoms with Gasteiger partial charge in [-0.2, -0.15) is 0 Å². The minimum atomic E-state index is -0.341. The highest BCUT2D eigenvalue weighted by Gasteiger charge is 2.12. The Kier molecular flexibility index (Phi) is 5.80. The van der Waals surface area contributed by atoms with Gasteiger partial charge in [0.15, 0.2) is 10.9 Å². The van der Waals surface area contributed by atoms with E-state index in [4.69, 9.17) is 4.42 Å². The Hall–Kier alpha value is -2.93. The molecule has 0 aliphatic carbocycles. The van der Waals surface area contributed by atoms with E-state index >= 15 is 0 Å². The van der Waals surface area contributed by atoms with Gasteiger partial charge in [-0.15, -0.1) is 11.3 Å². The first-order valence-corrected chi connectivity index (χ1v) is 9.09. The van der Waals surface area contributed by atoms with Crippen LogP contribution >= 0.6 is 11.3 Å². The van der Waals surface area contributed by atoms with Gasteiger partial charge in [0.2, 0.25) is 5.91 Å². The molecule has 0 radical (unpaired) electrons. The number of hydrogen-bond acceptors (Lipinski definition) is 5. The molecule has 0 aliphatic rings. The van der Waals surface area contributed by atoms with Gasteiger partial charge in [-0.05, 0) is 31.0 Å². The molecule has 2 amide bonds. The molecule has 2 aromatic heterocycles. The quantitative estimate of drug-likeness (QED) is 0.667. The number of rotatable bonds is 7. The number of nitrogens with zero attached hydrogens (tertiary/aromatic N) is 1. The number of thiazole rings is 1. The van der Waals surface area contributed by atoms with E-state index < -0.39 is 0 Å². The Morgan fingerprint density at radius 3 is 2.73 bits per heavy atom. The lowest BCUT2D eigenvalue weighted by Crippen LogP contribution is -2.23. The summed E-state index contributed by atoms with van der Waals surface area (Å²) in [7, 11) is 0. The lowest BCUT2D eigenvalue weighted by molar-refractivity contribution is -0.121. The number of aromatic nitrogens is 1. The summed E-state index contributed by atoms with van der Waals surface area (Å²) in [6, 6.07) is 11.3. The van der Waals surface area contributed by atoms with Crippen molar-refractivity contribution < 1.29 is 14.0 Å². The lowest BCUT2D eigenvalue weighted by Gasteiger charge is -2.05. The van der Waals surface area contributed by atoms with Crippen LogP contribution in [0.25, 0.3) is 0 Å². The summed E-state index contributed by atoms with van der Waals surface area (Å²) in [6.07, 6.45) is 2.31. The van der Waals surface area contributed by atoms with E-state index in [1.807, 2.05) is 36.6 Å². The molecule has 0 spiro atoms. The molecular weight excluding hydrogens is 350 g/mol. The molecule has 7 heteroatoms. The number of benzene rings is 1. The van der Waals surface area contributed by atoms with Crippen LogP contribution in [0, 0.1) is 6.92 Å². The first kappa shape index (κ1) is 17.9. The van der Waals surface area contributed by atoms with Crippen molar-refractivity contribution in [2.45, 2.75) is 26.3 Å². The van der Waals surface area contributed by atoms with Crippen molar-refractivity contribution in [1.82, 2.24) is 10.3 Å². The third-order valence-corrected chi connectivity index (χ3v) is 4.54. The molecule has 3 rings (SSSR count). The van der Waals surface area contributed by atoms with Crippen LogP contribution in [0.4, 0.5) is 5.13 Å². The van der Waals surface area contributed by atoms with E-state index in [0.29, 0.717) is 24.5 Å². The molecule has 3 aromatic rings. The molecule has 0 saturated heterocycles. The smallest absolute Gasteiger partial charge is 0.293 e. The molecule has 0 fully saturated rings. The molecule has 0 atom stereocenters. The van der Waals surface area contributed by atoms with Crippen molar-refractivity contribution in [2.75, 3.05) is 5.32 Å². The largest absolute Gasteiger partial charge is 0.459 e. The molecular formula is C19H19N3O3S. The van der Waals surface area contributed by atoms with Crippen LogP contribution in [0.15, 0.2) is 52.5 Å². The first-order chi connectivity index (χ1) is 12.6. The Bertz CT molecular complexity index is 870. The number of anilines is 1. The van der Waals surface area contributed by atoms with Crippen molar-refractivity contribution in [2.24, 2.45) is 0 Å². The molecule has 0 saturated carbocycles. The van der Waals surface area contributed by atoms with Gasteiger partial charge in [-0.25, -0.2) is 4.98 Å². The van der Waals surface area contributed by atoms with Crippen molar-refractivity contribution in [3.8, 4) is 0 Å². The van der Waals surface area contributed by atoms with Crippen LogP contribution in [0.5, 0.6) is 0 Å². The van der Waals surface area contributed by atoms with Crippen LogP contribution in [0.1, 0.15) is 33.8 Å². The molecule has 26 heavy (non-hydrogen) atoms.